The first kappa shape index (κ1) is 12.6. The summed E-state index contributed by atoms with van der Waals surface area (Å²) in [4.78, 5) is 24.5. The first-order valence-electron chi connectivity index (χ1n) is 6.00. The van der Waals surface area contributed by atoms with Crippen molar-refractivity contribution in [3.63, 3.8) is 0 Å². The summed E-state index contributed by atoms with van der Waals surface area (Å²) in [6.07, 6.45) is 1.72. The zero-order chi connectivity index (χ0) is 13.0. The predicted molar refractivity (Wildman–Crippen MR) is 67.5 cm³/mol. The molecule has 1 unspecified atom stereocenters. The minimum absolute atomic E-state index is 0.166. The molecule has 0 aromatic heterocycles. The number of hydrogen-bond donors (Lipinski definition) is 2. The average molecular weight is 248 g/mol. The molecular weight excluding hydrogens is 232 g/mol. The van der Waals surface area contributed by atoms with Crippen molar-refractivity contribution >= 4 is 17.6 Å². The zero-order valence-corrected chi connectivity index (χ0v) is 10.0. The second kappa shape index (κ2) is 5.64. The number of carboxylic acids is 1. The molecule has 0 radical (unpaired) electrons. The van der Waals surface area contributed by atoms with E-state index in [1.807, 2.05) is 6.07 Å². The number of nitrogens with one attached hydrogen (secondary N) is 1. The van der Waals surface area contributed by atoms with Crippen LogP contribution in [0.5, 0.6) is 0 Å². The lowest BCUT2D eigenvalue weighted by atomic mass is 10.2. The smallest absolute Gasteiger partial charge is 0.323 e. The van der Waals surface area contributed by atoms with Gasteiger partial charge in [0.15, 0.2) is 0 Å². The van der Waals surface area contributed by atoms with Gasteiger partial charge in [0.25, 0.3) is 0 Å². The molecule has 1 atom stereocenters. The Morgan fingerprint density at radius 1 is 1.33 bits per heavy atom. The zero-order valence-electron chi connectivity index (χ0n) is 10.0. The molecule has 1 aliphatic rings. The maximum absolute atomic E-state index is 12.3. The second-order valence-electron chi connectivity index (χ2n) is 4.30. The van der Waals surface area contributed by atoms with E-state index in [1.165, 1.54) is 4.90 Å². The van der Waals surface area contributed by atoms with Crippen LogP contribution in [0.3, 0.4) is 0 Å². The van der Waals surface area contributed by atoms with Crippen molar-refractivity contribution in [2.75, 3.05) is 18.0 Å². The highest BCUT2D eigenvalue weighted by molar-refractivity contribution is 6.00. The number of amides is 1. The summed E-state index contributed by atoms with van der Waals surface area (Å²) < 4.78 is 0. The van der Waals surface area contributed by atoms with Gasteiger partial charge in [-0.1, -0.05) is 18.2 Å². The molecule has 5 nitrogen and oxygen atoms in total. The van der Waals surface area contributed by atoms with Gasteiger partial charge in [0.1, 0.15) is 6.54 Å². The minimum Gasteiger partial charge on any atom is -0.480 e. The monoisotopic (exact) mass is 248 g/mol. The molecule has 0 spiro atoms. The summed E-state index contributed by atoms with van der Waals surface area (Å²) in [5, 5.41) is 12.0. The SMILES string of the molecule is O=C(O)CN(C(=O)C1CCCN1)c1ccccc1. The summed E-state index contributed by atoms with van der Waals surface area (Å²) >= 11 is 0. The molecule has 1 fully saturated rings. The number of rotatable bonds is 4. The van der Waals surface area contributed by atoms with Gasteiger partial charge in [-0.2, -0.15) is 0 Å². The quantitative estimate of drug-likeness (QED) is 0.829. The molecule has 2 N–H and O–H groups in total. The fraction of sp³-hybridized carbons (Fsp3) is 0.385. The van der Waals surface area contributed by atoms with E-state index in [-0.39, 0.29) is 18.5 Å². The van der Waals surface area contributed by atoms with Gasteiger partial charge in [0.2, 0.25) is 5.91 Å². The Kier molecular flexibility index (Phi) is 3.94. The molecule has 1 aliphatic heterocycles. The molecule has 0 bridgehead atoms. The van der Waals surface area contributed by atoms with Crippen molar-refractivity contribution in [3.05, 3.63) is 30.3 Å². The number of carbonyl (C=O) groups is 2. The standard InChI is InChI=1S/C13H16N2O3/c16-12(17)9-15(10-5-2-1-3-6-10)13(18)11-7-4-8-14-11/h1-3,5-6,11,14H,4,7-9H2,(H,16,17). The van der Waals surface area contributed by atoms with Gasteiger partial charge < -0.3 is 10.4 Å². The molecular formula is C13H16N2O3. The number of carbonyl (C=O) groups excluding carboxylic acids is 1. The number of hydrogen-bond acceptors (Lipinski definition) is 3. The van der Waals surface area contributed by atoms with Crippen LogP contribution in [-0.4, -0.2) is 36.1 Å². The Labute approximate surface area is 105 Å². The third-order valence-electron chi connectivity index (χ3n) is 2.99. The van der Waals surface area contributed by atoms with Gasteiger partial charge in [0.05, 0.1) is 6.04 Å². The molecule has 1 aromatic rings. The molecule has 0 saturated carbocycles. The predicted octanol–water partition coefficient (Wildman–Crippen LogP) is 0.856. The van der Waals surface area contributed by atoms with Crippen molar-refractivity contribution in [2.45, 2.75) is 18.9 Å². The summed E-state index contributed by atoms with van der Waals surface area (Å²) in [7, 11) is 0. The van der Waals surface area contributed by atoms with E-state index in [2.05, 4.69) is 5.32 Å². The topological polar surface area (TPSA) is 69.6 Å². The number of para-hydroxylation sites is 1. The lowest BCUT2D eigenvalue weighted by Gasteiger charge is -2.24. The maximum Gasteiger partial charge on any atom is 0.323 e. The third-order valence-corrected chi connectivity index (χ3v) is 2.99. The third kappa shape index (κ3) is 2.87. The number of aliphatic carboxylic acids is 1. The molecule has 18 heavy (non-hydrogen) atoms. The first-order valence-corrected chi connectivity index (χ1v) is 6.00. The van der Waals surface area contributed by atoms with E-state index >= 15 is 0 Å². The highest BCUT2D eigenvalue weighted by atomic mass is 16.4. The molecule has 5 heteroatoms. The molecule has 0 aliphatic carbocycles. The van der Waals surface area contributed by atoms with Crippen molar-refractivity contribution in [1.82, 2.24) is 5.32 Å². The fourth-order valence-electron chi connectivity index (χ4n) is 2.12. The van der Waals surface area contributed by atoms with Crippen molar-refractivity contribution in [2.24, 2.45) is 0 Å². The van der Waals surface area contributed by atoms with Crippen LogP contribution < -0.4 is 10.2 Å². The van der Waals surface area contributed by atoms with Crippen LogP contribution in [0.2, 0.25) is 0 Å². The highest BCUT2D eigenvalue weighted by Gasteiger charge is 2.28. The Hall–Kier alpha value is -1.88. The van der Waals surface area contributed by atoms with E-state index in [0.717, 1.165) is 19.4 Å². The summed E-state index contributed by atoms with van der Waals surface area (Å²) in [6.45, 7) is 0.507. The second-order valence-corrected chi connectivity index (χ2v) is 4.30. The number of anilines is 1. The maximum atomic E-state index is 12.3. The normalized spacial score (nSPS) is 18.6. The lowest BCUT2D eigenvalue weighted by Crippen LogP contribution is -2.46. The molecule has 2 rings (SSSR count). The van der Waals surface area contributed by atoms with E-state index in [0.29, 0.717) is 5.69 Å². The van der Waals surface area contributed by atoms with E-state index < -0.39 is 5.97 Å². The van der Waals surface area contributed by atoms with Crippen LogP contribution in [-0.2, 0) is 9.59 Å². The number of nitrogens with zero attached hydrogens (tertiary/aromatic N) is 1. The van der Waals surface area contributed by atoms with E-state index in [4.69, 9.17) is 5.11 Å². The number of carboxylic acid groups (broad SMARTS) is 1. The van der Waals surface area contributed by atoms with Crippen LogP contribution in [0, 0.1) is 0 Å². The molecule has 1 saturated heterocycles. The minimum atomic E-state index is -1.01. The van der Waals surface area contributed by atoms with Crippen molar-refractivity contribution in [3.8, 4) is 0 Å². The summed E-state index contributed by atoms with van der Waals surface area (Å²) in [6, 6.07) is 8.65. The van der Waals surface area contributed by atoms with Crippen LogP contribution in [0.15, 0.2) is 30.3 Å². The number of benzene rings is 1. The van der Waals surface area contributed by atoms with Crippen LogP contribution >= 0.6 is 0 Å². The largest absolute Gasteiger partial charge is 0.480 e. The van der Waals surface area contributed by atoms with Gasteiger partial charge in [-0.25, -0.2) is 0 Å². The summed E-state index contributed by atoms with van der Waals surface area (Å²) in [5.74, 6) is -1.17. The van der Waals surface area contributed by atoms with Gasteiger partial charge in [-0.05, 0) is 31.5 Å². The lowest BCUT2D eigenvalue weighted by molar-refractivity contribution is -0.136. The van der Waals surface area contributed by atoms with E-state index in [9.17, 15) is 9.59 Å². The van der Waals surface area contributed by atoms with Crippen LogP contribution in [0.25, 0.3) is 0 Å². The van der Waals surface area contributed by atoms with Gasteiger partial charge in [0, 0.05) is 5.69 Å². The Bertz CT molecular complexity index is 427. The van der Waals surface area contributed by atoms with Crippen LogP contribution in [0.1, 0.15) is 12.8 Å². The van der Waals surface area contributed by atoms with Crippen molar-refractivity contribution < 1.29 is 14.7 Å². The molecule has 1 amide bonds. The Morgan fingerprint density at radius 3 is 2.61 bits per heavy atom. The highest BCUT2D eigenvalue weighted by Crippen LogP contribution is 2.17. The van der Waals surface area contributed by atoms with Gasteiger partial charge >= 0.3 is 5.97 Å². The fourth-order valence-corrected chi connectivity index (χ4v) is 2.12. The average Bonchev–Trinajstić information content (AvgIpc) is 2.90. The Balaban J connectivity index is 2.19. The van der Waals surface area contributed by atoms with E-state index in [1.54, 1.807) is 24.3 Å². The summed E-state index contributed by atoms with van der Waals surface area (Å²) in [5.41, 5.74) is 0.624. The molecule has 96 valence electrons. The molecule has 1 aromatic carbocycles. The molecule has 1 heterocycles. The Morgan fingerprint density at radius 2 is 2.06 bits per heavy atom. The first-order chi connectivity index (χ1) is 8.68. The van der Waals surface area contributed by atoms with Gasteiger partial charge in [-0.15, -0.1) is 0 Å². The van der Waals surface area contributed by atoms with Crippen molar-refractivity contribution in [1.29, 1.82) is 0 Å². The van der Waals surface area contributed by atoms with Crippen LogP contribution in [0.4, 0.5) is 5.69 Å². The van der Waals surface area contributed by atoms with Gasteiger partial charge in [-0.3, -0.25) is 14.5 Å².